The summed E-state index contributed by atoms with van der Waals surface area (Å²) in [5.41, 5.74) is 2.41. The van der Waals surface area contributed by atoms with Gasteiger partial charge in [0.05, 0.1) is 17.5 Å². The lowest BCUT2D eigenvalue weighted by Crippen LogP contribution is -2.42. The van der Waals surface area contributed by atoms with Crippen LogP contribution < -0.4 is 15.4 Å². The normalized spacial score (nSPS) is 18.3. The van der Waals surface area contributed by atoms with Gasteiger partial charge in [0.15, 0.2) is 0 Å². The number of carbonyl (C=O) groups is 2. The van der Waals surface area contributed by atoms with Gasteiger partial charge in [0.1, 0.15) is 22.9 Å². The van der Waals surface area contributed by atoms with Gasteiger partial charge in [0.25, 0.3) is 11.8 Å². The first-order chi connectivity index (χ1) is 19.4. The number of para-hydroxylation sites is 1. The van der Waals surface area contributed by atoms with Crippen LogP contribution in [0.15, 0.2) is 77.8 Å². The second-order valence-corrected chi connectivity index (χ2v) is 9.70. The van der Waals surface area contributed by atoms with Gasteiger partial charge in [-0.25, -0.2) is 18.5 Å². The van der Waals surface area contributed by atoms with Crippen LogP contribution in [0, 0.1) is 11.6 Å². The van der Waals surface area contributed by atoms with Gasteiger partial charge < -0.3 is 15.4 Å². The highest BCUT2D eigenvalue weighted by atomic mass is 19.1. The summed E-state index contributed by atoms with van der Waals surface area (Å²) >= 11 is 0. The first kappa shape index (κ1) is 25.4. The molecule has 3 heterocycles. The van der Waals surface area contributed by atoms with Crippen LogP contribution in [0.25, 0.3) is 11.3 Å². The van der Waals surface area contributed by atoms with E-state index in [4.69, 9.17) is 4.74 Å². The van der Waals surface area contributed by atoms with Gasteiger partial charge in [-0.15, -0.1) is 0 Å². The molecular formula is C30H25F2N5O3. The van der Waals surface area contributed by atoms with Crippen molar-refractivity contribution in [2.45, 2.75) is 38.6 Å². The van der Waals surface area contributed by atoms with Gasteiger partial charge in [-0.05, 0) is 38.0 Å². The van der Waals surface area contributed by atoms with Gasteiger partial charge >= 0.3 is 0 Å². The Balaban J connectivity index is 1.44. The minimum atomic E-state index is -1.32. The van der Waals surface area contributed by atoms with Crippen molar-refractivity contribution in [2.75, 3.05) is 5.32 Å². The Bertz CT molecular complexity index is 1650. The van der Waals surface area contributed by atoms with E-state index in [9.17, 15) is 18.4 Å². The highest BCUT2D eigenvalue weighted by molar-refractivity contribution is 6.20. The molecule has 8 nitrogen and oxygen atoms in total. The molecule has 2 amide bonds. The van der Waals surface area contributed by atoms with Crippen LogP contribution >= 0.6 is 0 Å². The zero-order chi connectivity index (χ0) is 27.8. The van der Waals surface area contributed by atoms with Gasteiger partial charge in [-0.1, -0.05) is 48.5 Å². The topological polar surface area (TPSA) is 97.6 Å². The molecule has 2 aliphatic heterocycles. The summed E-state index contributed by atoms with van der Waals surface area (Å²) in [5.74, 6) is -2.74. The van der Waals surface area contributed by atoms with Gasteiger partial charge in [-0.2, -0.15) is 5.10 Å². The molecular weight excluding hydrogens is 516 g/mol. The lowest BCUT2D eigenvalue weighted by atomic mass is 10.0. The van der Waals surface area contributed by atoms with Gasteiger partial charge in [0.2, 0.25) is 12.0 Å². The summed E-state index contributed by atoms with van der Waals surface area (Å²) in [7, 11) is 0. The predicted molar refractivity (Wildman–Crippen MR) is 145 cm³/mol. The van der Waals surface area contributed by atoms with E-state index in [1.807, 2.05) is 49.4 Å². The van der Waals surface area contributed by atoms with Crippen molar-refractivity contribution in [1.82, 2.24) is 15.1 Å². The van der Waals surface area contributed by atoms with Crippen LogP contribution in [-0.2, 0) is 11.3 Å². The Morgan fingerprint density at radius 2 is 1.82 bits per heavy atom. The Labute approximate surface area is 228 Å². The van der Waals surface area contributed by atoms with E-state index in [1.54, 1.807) is 12.1 Å². The number of nitrogens with zero attached hydrogens (tertiary/aromatic N) is 3. The number of benzene rings is 3. The number of aromatic nitrogens is 2. The second-order valence-electron chi connectivity index (χ2n) is 9.70. The Morgan fingerprint density at radius 1 is 1.05 bits per heavy atom. The monoisotopic (exact) mass is 541 g/mol. The Morgan fingerprint density at radius 3 is 2.62 bits per heavy atom. The van der Waals surface area contributed by atoms with E-state index in [-0.39, 0.29) is 28.8 Å². The molecule has 0 saturated carbocycles. The van der Waals surface area contributed by atoms with Gasteiger partial charge in [-0.3, -0.25) is 9.59 Å². The highest BCUT2D eigenvalue weighted by Gasteiger charge is 2.34. The van der Waals surface area contributed by atoms with Crippen molar-refractivity contribution in [3.8, 4) is 17.1 Å². The quantitative estimate of drug-likeness (QED) is 0.383. The van der Waals surface area contributed by atoms with Crippen LogP contribution in [0.2, 0.25) is 0 Å². The number of aliphatic imine (C=N–C) groups is 1. The largest absolute Gasteiger partial charge is 0.474 e. The third-order valence-electron chi connectivity index (χ3n) is 6.87. The summed E-state index contributed by atoms with van der Waals surface area (Å²) in [6.07, 6.45) is -0.0804. The SMILES string of the molecule is CC1CCCn2nc(-c3ccc(F)cc3F)c(C(=O)N[C@H]3N=C(c4ccccc4)c4ccccc4NC3=O)c2O1. The summed E-state index contributed by atoms with van der Waals surface area (Å²) in [5, 5.41) is 10.0. The lowest BCUT2D eigenvalue weighted by molar-refractivity contribution is -0.117. The number of ether oxygens (including phenoxy) is 1. The third kappa shape index (κ3) is 4.72. The molecule has 40 heavy (non-hydrogen) atoms. The smallest absolute Gasteiger partial charge is 0.269 e. The molecule has 0 bridgehead atoms. The van der Waals surface area contributed by atoms with Crippen LogP contribution in [0.1, 0.15) is 41.3 Å². The second kappa shape index (κ2) is 10.4. The average Bonchev–Trinajstić information content (AvgIpc) is 3.08. The first-order valence-electron chi connectivity index (χ1n) is 13.0. The highest BCUT2D eigenvalue weighted by Crippen LogP contribution is 2.35. The Kier molecular flexibility index (Phi) is 6.59. The van der Waals surface area contributed by atoms with Crippen molar-refractivity contribution < 1.29 is 23.1 Å². The fourth-order valence-corrected chi connectivity index (χ4v) is 4.95. The van der Waals surface area contributed by atoms with Crippen molar-refractivity contribution in [1.29, 1.82) is 0 Å². The first-order valence-corrected chi connectivity index (χ1v) is 13.0. The fraction of sp³-hybridized carbons (Fsp3) is 0.200. The van der Waals surface area contributed by atoms with Gasteiger partial charge in [0, 0.05) is 29.3 Å². The van der Waals surface area contributed by atoms with Crippen molar-refractivity contribution in [3.63, 3.8) is 0 Å². The minimum Gasteiger partial charge on any atom is -0.474 e. The number of hydrogen-bond acceptors (Lipinski definition) is 5. The molecule has 202 valence electrons. The number of anilines is 1. The molecule has 1 aromatic heterocycles. The molecule has 0 fully saturated rings. The number of aryl methyl sites for hydroxylation is 1. The van der Waals surface area contributed by atoms with Crippen molar-refractivity contribution in [2.24, 2.45) is 4.99 Å². The Hall–Kier alpha value is -4.86. The molecule has 0 radical (unpaired) electrons. The fourth-order valence-electron chi connectivity index (χ4n) is 4.95. The van der Waals surface area contributed by atoms with Crippen LogP contribution in [0.3, 0.4) is 0 Å². The maximum Gasteiger partial charge on any atom is 0.269 e. The lowest BCUT2D eigenvalue weighted by Gasteiger charge is -2.16. The van der Waals surface area contributed by atoms with Crippen molar-refractivity contribution >= 4 is 23.2 Å². The number of nitrogens with one attached hydrogen (secondary N) is 2. The van der Waals surface area contributed by atoms with E-state index >= 15 is 0 Å². The van der Waals surface area contributed by atoms with E-state index in [0.717, 1.165) is 30.5 Å². The summed E-state index contributed by atoms with van der Waals surface area (Å²) in [6.45, 7) is 2.31. The maximum absolute atomic E-state index is 14.9. The van der Waals surface area contributed by atoms with Crippen LogP contribution in [0.4, 0.5) is 14.5 Å². The zero-order valence-electron chi connectivity index (χ0n) is 21.5. The average molecular weight is 542 g/mol. The standard InChI is InChI=1S/C30H25F2N5O3/c1-17-8-7-15-37-30(40-17)24(26(36-37)20-14-13-19(31)16-22(20)32)28(38)35-27-29(39)33-23-12-6-5-11-21(23)25(34-27)18-9-3-2-4-10-18/h2-6,9-14,16-17,27H,7-8,15H2,1H3,(H,33,39)(H,35,38)/t17?,27-/m1/s1. The zero-order valence-corrected chi connectivity index (χ0v) is 21.5. The molecule has 4 aromatic rings. The molecule has 1 unspecified atom stereocenters. The van der Waals surface area contributed by atoms with E-state index in [1.165, 1.54) is 10.7 Å². The molecule has 2 aliphatic rings. The van der Waals surface area contributed by atoms with E-state index < -0.39 is 29.6 Å². The molecule has 2 atom stereocenters. The molecule has 0 aliphatic carbocycles. The summed E-state index contributed by atoms with van der Waals surface area (Å²) in [4.78, 5) is 31.9. The minimum absolute atomic E-state index is 0.0105. The molecule has 2 N–H and O–H groups in total. The number of hydrogen-bond donors (Lipinski definition) is 2. The molecule has 0 spiro atoms. The maximum atomic E-state index is 14.9. The summed E-state index contributed by atoms with van der Waals surface area (Å²) < 4.78 is 36.2. The molecule has 0 saturated heterocycles. The molecule has 6 rings (SSSR count). The van der Waals surface area contributed by atoms with E-state index in [2.05, 4.69) is 20.7 Å². The number of halogens is 2. The number of fused-ring (bicyclic) bond motifs is 2. The number of amides is 2. The summed E-state index contributed by atoms with van der Waals surface area (Å²) in [6, 6.07) is 19.6. The number of carbonyl (C=O) groups excluding carboxylic acids is 2. The predicted octanol–water partition coefficient (Wildman–Crippen LogP) is 4.94. The van der Waals surface area contributed by atoms with E-state index in [0.29, 0.717) is 23.5 Å². The van der Waals surface area contributed by atoms with Crippen LogP contribution in [0.5, 0.6) is 5.88 Å². The molecule has 3 aromatic carbocycles. The number of rotatable bonds is 4. The number of benzodiazepines with no additional fused rings is 1. The van der Waals surface area contributed by atoms with Crippen LogP contribution in [-0.4, -0.2) is 39.6 Å². The van der Waals surface area contributed by atoms with Crippen molar-refractivity contribution in [3.05, 3.63) is 101 Å². The molecule has 10 heteroatoms. The third-order valence-corrected chi connectivity index (χ3v) is 6.87.